The summed E-state index contributed by atoms with van der Waals surface area (Å²) < 4.78 is 6.97. The molecular formula is C25H36N2O4S. The molecule has 0 aliphatic heterocycles. The van der Waals surface area contributed by atoms with E-state index in [1.807, 2.05) is 30.3 Å². The van der Waals surface area contributed by atoms with E-state index in [0.29, 0.717) is 18.9 Å². The first-order chi connectivity index (χ1) is 15.4. The Morgan fingerprint density at radius 3 is 2.69 bits per heavy atom. The maximum atomic E-state index is 12.5. The molecular weight excluding hydrogens is 424 g/mol. The molecule has 2 rings (SSSR count). The second-order valence-corrected chi connectivity index (χ2v) is 9.76. The average Bonchev–Trinajstić information content (AvgIpc) is 3.02. The number of allylic oxidation sites excluding steroid dienone is 4. The Morgan fingerprint density at radius 2 is 2.00 bits per heavy atom. The highest BCUT2D eigenvalue weighted by atomic mass is 32.2. The van der Waals surface area contributed by atoms with Gasteiger partial charge in [-0.15, -0.1) is 0 Å². The highest BCUT2D eigenvalue weighted by molar-refractivity contribution is 8.00. The molecule has 176 valence electrons. The molecule has 0 spiro atoms. The van der Waals surface area contributed by atoms with E-state index in [0.717, 1.165) is 31.4 Å². The second-order valence-electron chi connectivity index (χ2n) is 8.53. The van der Waals surface area contributed by atoms with Crippen LogP contribution in [0.4, 0.5) is 0 Å². The molecule has 0 heterocycles. The van der Waals surface area contributed by atoms with Gasteiger partial charge in [0.1, 0.15) is 0 Å². The number of carbonyl (C=O) groups excluding carboxylic acids is 2. The number of ether oxygens (including phenoxy) is 1. The average molecular weight is 461 g/mol. The van der Waals surface area contributed by atoms with Gasteiger partial charge in [0.25, 0.3) is 12.4 Å². The fourth-order valence-corrected chi connectivity index (χ4v) is 4.79. The molecule has 1 aromatic rings. The lowest BCUT2D eigenvalue weighted by atomic mass is 10.0. The summed E-state index contributed by atoms with van der Waals surface area (Å²) in [5.41, 5.74) is 1.01. The minimum absolute atomic E-state index is 0.267. The van der Waals surface area contributed by atoms with E-state index < -0.39 is 24.2 Å². The van der Waals surface area contributed by atoms with Gasteiger partial charge in [-0.3, -0.25) is 9.59 Å². The van der Waals surface area contributed by atoms with Crippen molar-refractivity contribution in [1.82, 2.24) is 9.62 Å². The van der Waals surface area contributed by atoms with Gasteiger partial charge in [-0.05, 0) is 56.0 Å². The van der Waals surface area contributed by atoms with Crippen LogP contribution in [0.2, 0.25) is 0 Å². The van der Waals surface area contributed by atoms with Crippen LogP contribution in [-0.2, 0) is 20.7 Å². The highest BCUT2D eigenvalue weighted by Crippen LogP contribution is 2.29. The van der Waals surface area contributed by atoms with Gasteiger partial charge in [0, 0.05) is 18.0 Å². The molecule has 0 saturated heterocycles. The second kappa shape index (κ2) is 14.1. The number of aliphatic hydroxyl groups is 1. The van der Waals surface area contributed by atoms with Crippen LogP contribution in [0.5, 0.6) is 0 Å². The standard InChI is InChI=1S/C25H36N2O4S/c1-19(2)16-27(32-22-13-9-4-5-10-14-22)17-24(29)23(15-21-11-7-6-8-12-21)26-25(30)20(3)31-18-28/h4,6-9,11-13,18-20,23-24,29H,5,10,14-17H2,1-3H3,(H,26,30). The molecule has 1 aliphatic rings. The number of amides is 1. The van der Waals surface area contributed by atoms with Crippen molar-refractivity contribution in [3.8, 4) is 0 Å². The van der Waals surface area contributed by atoms with Crippen molar-refractivity contribution in [3.05, 3.63) is 59.0 Å². The lowest BCUT2D eigenvalue weighted by molar-refractivity contribution is -0.144. The molecule has 7 heteroatoms. The summed E-state index contributed by atoms with van der Waals surface area (Å²) in [5.74, 6) is 0.0107. The zero-order chi connectivity index (χ0) is 23.3. The molecule has 0 saturated carbocycles. The minimum Gasteiger partial charge on any atom is -0.455 e. The van der Waals surface area contributed by atoms with Crippen LogP contribution in [0.3, 0.4) is 0 Å². The number of benzene rings is 1. The summed E-state index contributed by atoms with van der Waals surface area (Å²) in [6, 6.07) is 9.24. The zero-order valence-corrected chi connectivity index (χ0v) is 20.1. The molecule has 0 radical (unpaired) electrons. The molecule has 2 N–H and O–H groups in total. The Labute approximate surface area is 196 Å². The number of hydrogen-bond donors (Lipinski definition) is 2. The van der Waals surface area contributed by atoms with Gasteiger partial charge in [-0.25, -0.2) is 4.31 Å². The van der Waals surface area contributed by atoms with Crippen LogP contribution in [0.1, 0.15) is 45.6 Å². The fraction of sp³-hybridized carbons (Fsp3) is 0.520. The summed E-state index contributed by atoms with van der Waals surface area (Å²) in [6.45, 7) is 7.32. The Balaban J connectivity index is 2.13. The summed E-state index contributed by atoms with van der Waals surface area (Å²) in [7, 11) is 0. The molecule has 6 nitrogen and oxygen atoms in total. The van der Waals surface area contributed by atoms with E-state index in [-0.39, 0.29) is 6.47 Å². The van der Waals surface area contributed by atoms with E-state index in [4.69, 9.17) is 4.74 Å². The third kappa shape index (κ3) is 9.59. The number of hydrogen-bond acceptors (Lipinski definition) is 6. The summed E-state index contributed by atoms with van der Waals surface area (Å²) >= 11 is 1.69. The van der Waals surface area contributed by atoms with Gasteiger partial charge in [-0.1, -0.05) is 62.4 Å². The summed E-state index contributed by atoms with van der Waals surface area (Å²) in [4.78, 5) is 24.4. The molecule has 0 bridgehead atoms. The zero-order valence-electron chi connectivity index (χ0n) is 19.3. The maximum absolute atomic E-state index is 12.5. The van der Waals surface area contributed by atoms with Crippen LogP contribution in [0.25, 0.3) is 0 Å². The number of carbonyl (C=O) groups is 2. The molecule has 0 aromatic heterocycles. The fourth-order valence-electron chi connectivity index (χ4n) is 3.48. The lowest BCUT2D eigenvalue weighted by Gasteiger charge is -2.31. The van der Waals surface area contributed by atoms with E-state index in [9.17, 15) is 14.7 Å². The van der Waals surface area contributed by atoms with E-state index in [2.05, 4.69) is 41.7 Å². The normalized spacial score (nSPS) is 16.8. The summed E-state index contributed by atoms with van der Waals surface area (Å²) in [5, 5.41) is 14.1. The number of nitrogens with zero attached hydrogens (tertiary/aromatic N) is 1. The topological polar surface area (TPSA) is 78.9 Å². The minimum atomic E-state index is -0.915. The van der Waals surface area contributed by atoms with Crippen LogP contribution in [0.15, 0.2) is 53.5 Å². The van der Waals surface area contributed by atoms with Crippen LogP contribution >= 0.6 is 11.9 Å². The first kappa shape index (κ1) is 26.2. The molecule has 1 aromatic carbocycles. The van der Waals surface area contributed by atoms with Crippen LogP contribution in [-0.4, -0.2) is 53.1 Å². The van der Waals surface area contributed by atoms with Gasteiger partial charge in [0.2, 0.25) is 0 Å². The van der Waals surface area contributed by atoms with E-state index in [1.54, 1.807) is 11.9 Å². The third-order valence-corrected chi connectivity index (χ3v) is 6.27. The van der Waals surface area contributed by atoms with Crippen LogP contribution in [0, 0.1) is 5.92 Å². The predicted octanol–water partition coefficient (Wildman–Crippen LogP) is 3.87. The van der Waals surface area contributed by atoms with Crippen molar-refractivity contribution in [3.63, 3.8) is 0 Å². The number of rotatable bonds is 13. The molecule has 1 amide bonds. The monoisotopic (exact) mass is 460 g/mol. The molecule has 32 heavy (non-hydrogen) atoms. The number of nitrogens with one attached hydrogen (secondary N) is 1. The van der Waals surface area contributed by atoms with Crippen molar-refractivity contribution >= 4 is 24.3 Å². The Bertz CT molecular complexity index is 766. The first-order valence-electron chi connectivity index (χ1n) is 11.3. The van der Waals surface area contributed by atoms with E-state index in [1.165, 1.54) is 11.8 Å². The SMILES string of the molecule is CC(C)CN(CC(O)C(Cc1ccccc1)NC(=O)C(C)OC=O)SC1=CC=CCCC1. The first-order valence-corrected chi connectivity index (χ1v) is 12.1. The quantitative estimate of drug-likeness (QED) is 0.344. The third-order valence-electron chi connectivity index (χ3n) is 5.14. The highest BCUT2D eigenvalue weighted by Gasteiger charge is 2.27. The van der Waals surface area contributed by atoms with Crippen molar-refractivity contribution in [2.45, 2.75) is 64.7 Å². The Hall–Kier alpha value is -2.09. The predicted molar refractivity (Wildman–Crippen MR) is 130 cm³/mol. The molecule has 0 fully saturated rings. The Kier molecular flexibility index (Phi) is 11.6. The van der Waals surface area contributed by atoms with Gasteiger partial charge in [0.05, 0.1) is 12.1 Å². The van der Waals surface area contributed by atoms with Gasteiger partial charge in [0.15, 0.2) is 6.10 Å². The largest absolute Gasteiger partial charge is 0.455 e. The smallest absolute Gasteiger partial charge is 0.293 e. The maximum Gasteiger partial charge on any atom is 0.293 e. The van der Waals surface area contributed by atoms with Gasteiger partial charge in [-0.2, -0.15) is 0 Å². The number of aliphatic hydroxyl groups excluding tert-OH is 1. The lowest BCUT2D eigenvalue weighted by Crippen LogP contribution is -2.51. The van der Waals surface area contributed by atoms with Crippen molar-refractivity contribution < 1.29 is 19.4 Å². The van der Waals surface area contributed by atoms with Gasteiger partial charge < -0.3 is 15.2 Å². The molecule has 1 aliphatic carbocycles. The van der Waals surface area contributed by atoms with Crippen molar-refractivity contribution in [2.75, 3.05) is 13.1 Å². The Morgan fingerprint density at radius 1 is 1.25 bits per heavy atom. The van der Waals surface area contributed by atoms with Gasteiger partial charge >= 0.3 is 0 Å². The van der Waals surface area contributed by atoms with Crippen molar-refractivity contribution in [2.24, 2.45) is 5.92 Å². The van der Waals surface area contributed by atoms with Crippen molar-refractivity contribution in [1.29, 1.82) is 0 Å². The molecule has 3 atom stereocenters. The van der Waals surface area contributed by atoms with Crippen LogP contribution < -0.4 is 5.32 Å². The summed E-state index contributed by atoms with van der Waals surface area (Å²) in [6.07, 6.45) is 8.43. The molecule has 3 unspecified atom stereocenters. The van der Waals surface area contributed by atoms with E-state index >= 15 is 0 Å².